The molecule has 0 radical (unpaired) electrons. The predicted molar refractivity (Wildman–Crippen MR) is 80.7 cm³/mol. The highest BCUT2D eigenvalue weighted by molar-refractivity contribution is 6.31. The first-order chi connectivity index (χ1) is 9.13. The highest BCUT2D eigenvalue weighted by Crippen LogP contribution is 2.34. The van der Waals surface area contributed by atoms with E-state index in [4.69, 9.17) is 16.3 Å². The van der Waals surface area contributed by atoms with Gasteiger partial charge in [-0.05, 0) is 50.4 Å². The van der Waals surface area contributed by atoms with E-state index < -0.39 is 0 Å². The third kappa shape index (κ3) is 3.50. The van der Waals surface area contributed by atoms with E-state index in [1.807, 2.05) is 6.92 Å². The Morgan fingerprint density at radius 1 is 1.47 bits per heavy atom. The molecular formula is C16H24ClNO. The zero-order valence-electron chi connectivity index (χ0n) is 12.1. The molecule has 1 N–H and O–H groups in total. The first-order valence-electron chi connectivity index (χ1n) is 7.24. The van der Waals surface area contributed by atoms with Gasteiger partial charge in [-0.25, -0.2) is 0 Å². The number of nitrogens with one attached hydrogen (secondary N) is 1. The van der Waals surface area contributed by atoms with Crippen LogP contribution in [-0.4, -0.2) is 19.3 Å². The summed E-state index contributed by atoms with van der Waals surface area (Å²) in [7, 11) is 0. The molecule has 0 spiro atoms. The predicted octanol–water partition coefficient (Wildman–Crippen LogP) is 4.11. The second-order valence-corrected chi connectivity index (χ2v) is 5.88. The van der Waals surface area contributed by atoms with Gasteiger partial charge in [0.15, 0.2) is 0 Å². The zero-order chi connectivity index (χ0) is 13.8. The van der Waals surface area contributed by atoms with Gasteiger partial charge in [-0.3, -0.25) is 0 Å². The fraction of sp³-hybridized carbons (Fsp3) is 0.625. The van der Waals surface area contributed by atoms with Gasteiger partial charge in [0.2, 0.25) is 0 Å². The first kappa shape index (κ1) is 14.8. The molecule has 3 atom stereocenters. The molecule has 1 aromatic rings. The van der Waals surface area contributed by atoms with Gasteiger partial charge in [0.1, 0.15) is 0 Å². The minimum Gasteiger partial charge on any atom is -0.378 e. The molecule has 3 heteroatoms. The number of rotatable bonds is 5. The largest absolute Gasteiger partial charge is 0.378 e. The van der Waals surface area contributed by atoms with Crippen LogP contribution in [0, 0.1) is 12.8 Å². The van der Waals surface area contributed by atoms with Crippen molar-refractivity contribution in [3.8, 4) is 0 Å². The summed E-state index contributed by atoms with van der Waals surface area (Å²) in [5.41, 5.74) is 2.42. The molecule has 2 nitrogen and oxygen atoms in total. The Labute approximate surface area is 121 Å². The molecule has 0 amide bonds. The summed E-state index contributed by atoms with van der Waals surface area (Å²) in [4.78, 5) is 0. The van der Waals surface area contributed by atoms with Gasteiger partial charge < -0.3 is 10.1 Å². The molecule has 1 saturated heterocycles. The molecule has 0 saturated carbocycles. The molecule has 0 bridgehead atoms. The van der Waals surface area contributed by atoms with Crippen LogP contribution in [-0.2, 0) is 4.74 Å². The topological polar surface area (TPSA) is 21.3 Å². The molecule has 0 aromatic heterocycles. The summed E-state index contributed by atoms with van der Waals surface area (Å²) in [5, 5.41) is 4.52. The number of ether oxygens (including phenoxy) is 1. The standard InChI is InChI=1S/C16H24ClNO/c1-4-8-18-16(14-7-9-19-12(14)3)13-6-5-11(2)15(17)10-13/h5-6,10,12,14,16,18H,4,7-9H2,1-3H3. The molecule has 19 heavy (non-hydrogen) atoms. The van der Waals surface area contributed by atoms with Crippen LogP contribution in [0.3, 0.4) is 0 Å². The Hall–Kier alpha value is -0.570. The Kier molecular flexibility index (Phi) is 5.26. The van der Waals surface area contributed by atoms with Gasteiger partial charge in [-0.2, -0.15) is 0 Å². The highest BCUT2D eigenvalue weighted by atomic mass is 35.5. The number of aryl methyl sites for hydroxylation is 1. The molecule has 1 aliphatic rings. The summed E-state index contributed by atoms with van der Waals surface area (Å²) in [6, 6.07) is 6.75. The number of hydrogen-bond acceptors (Lipinski definition) is 2. The summed E-state index contributed by atoms with van der Waals surface area (Å²) < 4.78 is 5.73. The van der Waals surface area contributed by atoms with Crippen LogP contribution >= 0.6 is 11.6 Å². The van der Waals surface area contributed by atoms with E-state index in [0.29, 0.717) is 18.1 Å². The average molecular weight is 282 g/mol. The van der Waals surface area contributed by atoms with Crippen LogP contribution in [0.4, 0.5) is 0 Å². The van der Waals surface area contributed by atoms with E-state index in [0.717, 1.165) is 36.6 Å². The first-order valence-corrected chi connectivity index (χ1v) is 7.62. The van der Waals surface area contributed by atoms with Crippen LogP contribution in [0.5, 0.6) is 0 Å². The smallest absolute Gasteiger partial charge is 0.0594 e. The molecular weight excluding hydrogens is 258 g/mol. The van der Waals surface area contributed by atoms with Crippen LogP contribution in [0.2, 0.25) is 5.02 Å². The van der Waals surface area contributed by atoms with Crippen LogP contribution < -0.4 is 5.32 Å². The van der Waals surface area contributed by atoms with Gasteiger partial charge in [0, 0.05) is 23.6 Å². The van der Waals surface area contributed by atoms with Crippen molar-refractivity contribution in [1.82, 2.24) is 5.32 Å². The lowest BCUT2D eigenvalue weighted by atomic mass is 9.88. The van der Waals surface area contributed by atoms with Gasteiger partial charge in [0.25, 0.3) is 0 Å². The maximum Gasteiger partial charge on any atom is 0.0594 e. The quantitative estimate of drug-likeness (QED) is 0.877. The van der Waals surface area contributed by atoms with Gasteiger partial charge in [0.05, 0.1) is 6.10 Å². The van der Waals surface area contributed by atoms with Gasteiger partial charge >= 0.3 is 0 Å². The monoisotopic (exact) mass is 281 g/mol. The summed E-state index contributed by atoms with van der Waals surface area (Å²) in [6.07, 6.45) is 2.57. The fourth-order valence-corrected chi connectivity index (χ4v) is 2.99. The Morgan fingerprint density at radius 3 is 2.84 bits per heavy atom. The maximum absolute atomic E-state index is 6.28. The Bertz CT molecular complexity index is 421. The van der Waals surface area contributed by atoms with E-state index in [2.05, 4.69) is 37.4 Å². The molecule has 1 fully saturated rings. The van der Waals surface area contributed by atoms with Gasteiger partial charge in [-0.15, -0.1) is 0 Å². The maximum atomic E-state index is 6.28. The van der Waals surface area contributed by atoms with Crippen molar-refractivity contribution in [2.24, 2.45) is 5.92 Å². The number of hydrogen-bond donors (Lipinski definition) is 1. The Balaban J connectivity index is 2.22. The molecule has 106 valence electrons. The fourth-order valence-electron chi connectivity index (χ4n) is 2.80. The number of benzene rings is 1. The molecule has 3 unspecified atom stereocenters. The van der Waals surface area contributed by atoms with Crippen molar-refractivity contribution in [2.75, 3.05) is 13.2 Å². The third-order valence-corrected chi connectivity index (χ3v) is 4.44. The lowest BCUT2D eigenvalue weighted by molar-refractivity contribution is 0.0954. The summed E-state index contributed by atoms with van der Waals surface area (Å²) >= 11 is 6.28. The van der Waals surface area contributed by atoms with E-state index in [1.165, 1.54) is 5.56 Å². The lowest BCUT2D eigenvalue weighted by Gasteiger charge is -2.27. The molecule has 1 heterocycles. The van der Waals surface area contributed by atoms with Crippen molar-refractivity contribution >= 4 is 11.6 Å². The van der Waals surface area contributed by atoms with Crippen LogP contribution in [0.1, 0.15) is 43.9 Å². The van der Waals surface area contributed by atoms with Crippen molar-refractivity contribution < 1.29 is 4.74 Å². The molecule has 0 aliphatic carbocycles. The minimum atomic E-state index is 0.314. The average Bonchev–Trinajstić information content (AvgIpc) is 2.80. The zero-order valence-corrected chi connectivity index (χ0v) is 12.8. The van der Waals surface area contributed by atoms with Crippen LogP contribution in [0.25, 0.3) is 0 Å². The van der Waals surface area contributed by atoms with Gasteiger partial charge in [-0.1, -0.05) is 30.7 Å². The molecule has 2 rings (SSSR count). The third-order valence-electron chi connectivity index (χ3n) is 4.03. The Morgan fingerprint density at radius 2 is 2.26 bits per heavy atom. The van der Waals surface area contributed by atoms with E-state index in [9.17, 15) is 0 Å². The summed E-state index contributed by atoms with van der Waals surface area (Å²) in [6.45, 7) is 8.31. The van der Waals surface area contributed by atoms with E-state index in [1.54, 1.807) is 0 Å². The normalized spacial score (nSPS) is 24.6. The van der Waals surface area contributed by atoms with Crippen molar-refractivity contribution in [1.29, 1.82) is 0 Å². The highest BCUT2D eigenvalue weighted by Gasteiger charge is 2.32. The van der Waals surface area contributed by atoms with E-state index in [-0.39, 0.29) is 0 Å². The second kappa shape index (κ2) is 6.74. The van der Waals surface area contributed by atoms with Crippen LogP contribution in [0.15, 0.2) is 18.2 Å². The van der Waals surface area contributed by atoms with Crippen molar-refractivity contribution in [2.45, 2.75) is 45.8 Å². The van der Waals surface area contributed by atoms with E-state index >= 15 is 0 Å². The summed E-state index contributed by atoms with van der Waals surface area (Å²) in [5.74, 6) is 0.533. The molecule has 1 aliphatic heterocycles. The number of halogens is 1. The minimum absolute atomic E-state index is 0.314. The molecule has 1 aromatic carbocycles. The second-order valence-electron chi connectivity index (χ2n) is 5.47. The van der Waals surface area contributed by atoms with Crippen molar-refractivity contribution in [3.63, 3.8) is 0 Å². The SMILES string of the molecule is CCCNC(c1ccc(C)c(Cl)c1)C1CCOC1C. The van der Waals surface area contributed by atoms with Crippen molar-refractivity contribution in [3.05, 3.63) is 34.3 Å². The lowest BCUT2D eigenvalue weighted by Crippen LogP contribution is -2.32.